The highest BCUT2D eigenvalue weighted by Crippen LogP contribution is 1.98. The monoisotopic (exact) mass is 244 g/mol. The Bertz CT molecular complexity index is 216. The summed E-state index contributed by atoms with van der Waals surface area (Å²) in [6, 6.07) is 0.0260. The Morgan fingerprint density at radius 3 is 2.71 bits per heavy atom. The predicted molar refractivity (Wildman–Crippen MR) is 66.1 cm³/mol. The van der Waals surface area contributed by atoms with E-state index in [2.05, 4.69) is 5.32 Å². The number of unbranched alkanes of at least 4 members (excludes halogenated alkanes) is 1. The van der Waals surface area contributed by atoms with E-state index >= 15 is 0 Å². The first-order valence-corrected chi connectivity index (χ1v) is 6.42. The number of nitrogens with one attached hydrogen (secondary N) is 1. The van der Waals surface area contributed by atoms with Crippen LogP contribution >= 0.6 is 0 Å². The maximum absolute atomic E-state index is 11.7. The quantitative estimate of drug-likeness (QED) is 0.715. The van der Waals surface area contributed by atoms with Gasteiger partial charge in [0.1, 0.15) is 0 Å². The highest BCUT2D eigenvalue weighted by Gasteiger charge is 2.15. The molecule has 0 saturated carbocycles. The number of nitrogens with zero attached hydrogens (tertiary/aromatic N) is 1. The Balaban J connectivity index is 1.96. The van der Waals surface area contributed by atoms with E-state index < -0.39 is 0 Å². The lowest BCUT2D eigenvalue weighted by molar-refractivity contribution is 0.0530. The van der Waals surface area contributed by atoms with E-state index in [0.29, 0.717) is 26.3 Å². The van der Waals surface area contributed by atoms with Crippen molar-refractivity contribution in [3.8, 4) is 0 Å². The van der Waals surface area contributed by atoms with E-state index in [4.69, 9.17) is 9.47 Å². The molecule has 0 aliphatic carbocycles. The molecular weight excluding hydrogens is 220 g/mol. The topological polar surface area (TPSA) is 50.8 Å². The second-order valence-corrected chi connectivity index (χ2v) is 4.46. The number of urea groups is 1. The zero-order valence-corrected chi connectivity index (χ0v) is 10.9. The summed E-state index contributed by atoms with van der Waals surface area (Å²) < 4.78 is 10.6. The SMILES string of the molecule is CC(C)OCCCCNC(=O)N1CCOCC1. The number of amides is 2. The standard InChI is InChI=1S/C12H24N2O3/c1-11(2)17-8-4-3-5-13-12(15)14-6-9-16-10-7-14/h11H,3-10H2,1-2H3,(H,13,15). The van der Waals surface area contributed by atoms with Crippen molar-refractivity contribution in [3.05, 3.63) is 0 Å². The lowest BCUT2D eigenvalue weighted by atomic mass is 10.3. The Kier molecular flexibility index (Phi) is 6.96. The van der Waals surface area contributed by atoms with E-state index in [1.54, 1.807) is 4.90 Å². The van der Waals surface area contributed by atoms with E-state index in [0.717, 1.165) is 26.0 Å². The van der Waals surface area contributed by atoms with Crippen molar-refractivity contribution in [1.82, 2.24) is 10.2 Å². The largest absolute Gasteiger partial charge is 0.379 e. The average molecular weight is 244 g/mol. The smallest absolute Gasteiger partial charge is 0.317 e. The summed E-state index contributed by atoms with van der Waals surface area (Å²) in [7, 11) is 0. The number of carbonyl (C=O) groups excluding carboxylic acids is 1. The maximum atomic E-state index is 11.7. The van der Waals surface area contributed by atoms with Crippen LogP contribution in [0.2, 0.25) is 0 Å². The molecule has 0 spiro atoms. The molecule has 100 valence electrons. The van der Waals surface area contributed by atoms with Crippen LogP contribution in [0.15, 0.2) is 0 Å². The molecule has 0 aromatic rings. The van der Waals surface area contributed by atoms with Gasteiger partial charge < -0.3 is 19.7 Å². The van der Waals surface area contributed by atoms with Gasteiger partial charge in [-0.25, -0.2) is 4.79 Å². The molecule has 1 N–H and O–H groups in total. The summed E-state index contributed by atoms with van der Waals surface area (Å²) >= 11 is 0. The van der Waals surface area contributed by atoms with Crippen LogP contribution in [0.1, 0.15) is 26.7 Å². The molecule has 1 aliphatic rings. The zero-order valence-electron chi connectivity index (χ0n) is 10.9. The van der Waals surface area contributed by atoms with Crippen molar-refractivity contribution in [2.75, 3.05) is 39.5 Å². The summed E-state index contributed by atoms with van der Waals surface area (Å²) in [6.07, 6.45) is 2.24. The van der Waals surface area contributed by atoms with Crippen LogP contribution in [0.25, 0.3) is 0 Å². The number of carbonyl (C=O) groups is 1. The third kappa shape index (κ3) is 6.48. The molecule has 1 aliphatic heterocycles. The number of morpholine rings is 1. The number of rotatable bonds is 6. The van der Waals surface area contributed by atoms with Gasteiger partial charge in [0, 0.05) is 26.2 Å². The summed E-state index contributed by atoms with van der Waals surface area (Å²) in [6.45, 7) is 8.24. The van der Waals surface area contributed by atoms with Gasteiger partial charge in [0.2, 0.25) is 0 Å². The normalized spacial score (nSPS) is 16.3. The van der Waals surface area contributed by atoms with Gasteiger partial charge in [0.15, 0.2) is 0 Å². The molecule has 0 atom stereocenters. The fourth-order valence-electron chi connectivity index (χ4n) is 1.62. The minimum absolute atomic E-state index is 0.0260. The molecule has 1 saturated heterocycles. The summed E-state index contributed by atoms with van der Waals surface area (Å²) in [4.78, 5) is 13.5. The molecule has 1 fully saturated rings. The maximum Gasteiger partial charge on any atom is 0.317 e. The van der Waals surface area contributed by atoms with Crippen molar-refractivity contribution >= 4 is 6.03 Å². The van der Waals surface area contributed by atoms with Gasteiger partial charge in [0.25, 0.3) is 0 Å². The lowest BCUT2D eigenvalue weighted by Crippen LogP contribution is -2.46. The van der Waals surface area contributed by atoms with Gasteiger partial charge in [-0.3, -0.25) is 0 Å². The molecule has 0 aromatic heterocycles. The molecule has 0 unspecified atom stereocenters. The first-order chi connectivity index (χ1) is 8.20. The average Bonchev–Trinajstić information content (AvgIpc) is 2.34. The second-order valence-electron chi connectivity index (χ2n) is 4.46. The Morgan fingerprint density at radius 1 is 1.35 bits per heavy atom. The van der Waals surface area contributed by atoms with Crippen LogP contribution in [0, 0.1) is 0 Å². The molecule has 5 nitrogen and oxygen atoms in total. The van der Waals surface area contributed by atoms with Gasteiger partial charge >= 0.3 is 6.03 Å². The third-order valence-electron chi connectivity index (χ3n) is 2.60. The van der Waals surface area contributed by atoms with Crippen LogP contribution in [0.4, 0.5) is 4.79 Å². The highest BCUT2D eigenvalue weighted by atomic mass is 16.5. The first kappa shape index (κ1) is 14.3. The molecule has 0 radical (unpaired) electrons. The number of ether oxygens (including phenoxy) is 2. The second kappa shape index (κ2) is 8.31. The van der Waals surface area contributed by atoms with Crippen molar-refractivity contribution in [3.63, 3.8) is 0 Å². The van der Waals surface area contributed by atoms with Gasteiger partial charge in [0.05, 0.1) is 19.3 Å². The molecule has 0 bridgehead atoms. The molecule has 0 aromatic carbocycles. The zero-order chi connectivity index (χ0) is 12.5. The van der Waals surface area contributed by atoms with Crippen LogP contribution in [-0.4, -0.2) is 56.5 Å². The van der Waals surface area contributed by atoms with Crippen molar-refractivity contribution in [2.45, 2.75) is 32.8 Å². The molecule has 1 heterocycles. The molecule has 17 heavy (non-hydrogen) atoms. The highest BCUT2D eigenvalue weighted by molar-refractivity contribution is 5.74. The fourth-order valence-corrected chi connectivity index (χ4v) is 1.62. The molecular formula is C12H24N2O3. The number of hydrogen-bond donors (Lipinski definition) is 1. The van der Waals surface area contributed by atoms with E-state index in [9.17, 15) is 4.79 Å². The van der Waals surface area contributed by atoms with E-state index in [1.807, 2.05) is 13.8 Å². The van der Waals surface area contributed by atoms with Crippen LogP contribution in [0.3, 0.4) is 0 Å². The van der Waals surface area contributed by atoms with Crippen LogP contribution < -0.4 is 5.32 Å². The summed E-state index contributed by atoms with van der Waals surface area (Å²) in [5.74, 6) is 0. The van der Waals surface area contributed by atoms with Crippen LogP contribution in [-0.2, 0) is 9.47 Å². The minimum Gasteiger partial charge on any atom is -0.379 e. The molecule has 2 amide bonds. The predicted octanol–water partition coefficient (Wildman–Crippen LogP) is 1.23. The van der Waals surface area contributed by atoms with Crippen molar-refractivity contribution < 1.29 is 14.3 Å². The van der Waals surface area contributed by atoms with E-state index in [-0.39, 0.29) is 12.1 Å². The summed E-state index contributed by atoms with van der Waals surface area (Å²) in [5.41, 5.74) is 0. The molecule has 5 heteroatoms. The fraction of sp³-hybridized carbons (Fsp3) is 0.917. The minimum atomic E-state index is 0.0260. The van der Waals surface area contributed by atoms with Gasteiger partial charge in [-0.1, -0.05) is 0 Å². The third-order valence-corrected chi connectivity index (χ3v) is 2.60. The molecule has 1 rings (SSSR count). The lowest BCUT2D eigenvalue weighted by Gasteiger charge is -2.26. The first-order valence-electron chi connectivity index (χ1n) is 6.42. The summed E-state index contributed by atoms with van der Waals surface area (Å²) in [5, 5.41) is 2.92. The Hall–Kier alpha value is -0.810. The van der Waals surface area contributed by atoms with E-state index in [1.165, 1.54) is 0 Å². The van der Waals surface area contributed by atoms with Crippen LogP contribution in [0.5, 0.6) is 0 Å². The Labute approximate surface area is 103 Å². The number of hydrogen-bond acceptors (Lipinski definition) is 3. The van der Waals surface area contributed by atoms with Crippen molar-refractivity contribution in [1.29, 1.82) is 0 Å². The van der Waals surface area contributed by atoms with Gasteiger partial charge in [-0.15, -0.1) is 0 Å². The van der Waals surface area contributed by atoms with Gasteiger partial charge in [-0.05, 0) is 26.7 Å². The van der Waals surface area contributed by atoms with Crippen molar-refractivity contribution in [2.24, 2.45) is 0 Å². The van der Waals surface area contributed by atoms with Gasteiger partial charge in [-0.2, -0.15) is 0 Å². The Morgan fingerprint density at radius 2 is 2.06 bits per heavy atom.